The molecule has 36 heavy (non-hydrogen) atoms. The first-order valence-corrected chi connectivity index (χ1v) is 12.0. The van der Waals surface area contributed by atoms with Crippen LogP contribution in [0.5, 0.6) is 0 Å². The van der Waals surface area contributed by atoms with Gasteiger partial charge in [-0.2, -0.15) is 0 Å². The van der Waals surface area contributed by atoms with E-state index in [4.69, 9.17) is 4.74 Å². The quantitative estimate of drug-likeness (QED) is 0.392. The van der Waals surface area contributed by atoms with E-state index < -0.39 is 12.1 Å². The molecule has 1 atom stereocenters. The Morgan fingerprint density at radius 2 is 1.56 bits per heavy atom. The van der Waals surface area contributed by atoms with Gasteiger partial charge in [0.05, 0.1) is 6.33 Å². The Morgan fingerprint density at radius 1 is 0.861 bits per heavy atom. The van der Waals surface area contributed by atoms with Gasteiger partial charge >= 0.3 is 6.09 Å². The second-order valence-corrected chi connectivity index (χ2v) is 8.84. The van der Waals surface area contributed by atoms with Crippen molar-refractivity contribution >= 4 is 12.0 Å². The fourth-order valence-electron chi connectivity index (χ4n) is 4.46. The molecule has 0 N–H and O–H groups in total. The molecule has 1 fully saturated rings. The van der Waals surface area contributed by atoms with Crippen LogP contribution in [0.2, 0.25) is 0 Å². The maximum absolute atomic E-state index is 13.6. The van der Waals surface area contributed by atoms with Crippen molar-refractivity contribution in [3.8, 4) is 5.69 Å². The molecule has 7 nitrogen and oxygen atoms in total. The second kappa shape index (κ2) is 10.9. The van der Waals surface area contributed by atoms with Crippen molar-refractivity contribution in [2.75, 3.05) is 13.1 Å². The Balaban J connectivity index is 1.30. The maximum Gasteiger partial charge on any atom is 0.410 e. The summed E-state index contributed by atoms with van der Waals surface area (Å²) in [5, 5.41) is 0. The number of nitrogens with zero attached hydrogens (tertiary/aromatic N) is 4. The molecule has 4 aromatic rings. The van der Waals surface area contributed by atoms with Gasteiger partial charge in [-0.05, 0) is 28.8 Å². The average Bonchev–Trinajstić information content (AvgIpc) is 3.46. The van der Waals surface area contributed by atoms with Gasteiger partial charge in [-0.25, -0.2) is 9.78 Å². The van der Waals surface area contributed by atoms with E-state index in [-0.39, 0.29) is 12.5 Å². The predicted molar refractivity (Wildman–Crippen MR) is 136 cm³/mol. The number of rotatable bonds is 7. The molecule has 2 heterocycles. The SMILES string of the molecule is O=C1[C@H](Cc2ccccc2)N(C(=O)OCc2ccccc2)CCN1Cc1ccc(-n2ccnc2)cc1. The van der Waals surface area contributed by atoms with Crippen LogP contribution < -0.4 is 0 Å². The number of carbonyl (C=O) groups excluding carboxylic acids is 2. The molecular formula is C29H28N4O3. The topological polar surface area (TPSA) is 67.7 Å². The molecule has 0 aliphatic carbocycles. The number of piperazine rings is 1. The minimum Gasteiger partial charge on any atom is -0.445 e. The summed E-state index contributed by atoms with van der Waals surface area (Å²) in [6, 6.07) is 26.8. The molecule has 1 aliphatic rings. The Labute approximate surface area is 210 Å². The number of amides is 2. The summed E-state index contributed by atoms with van der Waals surface area (Å²) in [6.07, 6.45) is 5.36. The lowest BCUT2D eigenvalue weighted by Gasteiger charge is -2.40. The van der Waals surface area contributed by atoms with Gasteiger partial charge in [0.2, 0.25) is 5.91 Å². The lowest BCUT2D eigenvalue weighted by Crippen LogP contribution is -2.59. The van der Waals surface area contributed by atoms with E-state index in [0.717, 1.165) is 22.4 Å². The fraction of sp³-hybridized carbons (Fsp3) is 0.207. The average molecular weight is 481 g/mol. The van der Waals surface area contributed by atoms with E-state index in [0.29, 0.717) is 26.1 Å². The minimum atomic E-state index is -0.616. The fourth-order valence-corrected chi connectivity index (χ4v) is 4.46. The van der Waals surface area contributed by atoms with Gasteiger partial charge in [0, 0.05) is 44.1 Å². The summed E-state index contributed by atoms with van der Waals surface area (Å²) in [5.41, 5.74) is 3.96. The molecule has 2 amide bonds. The third-order valence-electron chi connectivity index (χ3n) is 6.41. The van der Waals surface area contributed by atoms with Crippen molar-refractivity contribution in [3.05, 3.63) is 120 Å². The zero-order valence-corrected chi connectivity index (χ0v) is 19.9. The number of hydrogen-bond donors (Lipinski definition) is 0. The van der Waals surface area contributed by atoms with Gasteiger partial charge in [-0.3, -0.25) is 9.69 Å². The largest absolute Gasteiger partial charge is 0.445 e. The Bertz CT molecular complexity index is 1280. The molecule has 182 valence electrons. The highest BCUT2D eigenvalue weighted by molar-refractivity contribution is 5.87. The van der Waals surface area contributed by atoms with Crippen molar-refractivity contribution in [1.82, 2.24) is 19.4 Å². The molecule has 1 saturated heterocycles. The molecule has 1 aromatic heterocycles. The van der Waals surface area contributed by atoms with Crippen LogP contribution in [-0.4, -0.2) is 50.5 Å². The zero-order chi connectivity index (χ0) is 24.7. The third kappa shape index (κ3) is 5.46. The van der Waals surface area contributed by atoms with Gasteiger partial charge in [-0.1, -0.05) is 72.8 Å². The van der Waals surface area contributed by atoms with Crippen molar-refractivity contribution < 1.29 is 14.3 Å². The maximum atomic E-state index is 13.6. The summed E-state index contributed by atoms with van der Waals surface area (Å²) in [7, 11) is 0. The van der Waals surface area contributed by atoms with Crippen molar-refractivity contribution in [2.24, 2.45) is 0 Å². The summed E-state index contributed by atoms with van der Waals surface area (Å²) < 4.78 is 7.53. The monoisotopic (exact) mass is 480 g/mol. The van der Waals surface area contributed by atoms with E-state index in [9.17, 15) is 9.59 Å². The first-order valence-electron chi connectivity index (χ1n) is 12.0. The Hall–Kier alpha value is -4.39. The normalized spacial score (nSPS) is 15.7. The Kier molecular flexibility index (Phi) is 7.07. The molecule has 0 saturated carbocycles. The first-order chi connectivity index (χ1) is 17.7. The molecule has 0 radical (unpaired) electrons. The minimum absolute atomic E-state index is 0.0690. The van der Waals surface area contributed by atoms with E-state index in [1.54, 1.807) is 17.4 Å². The van der Waals surface area contributed by atoms with Gasteiger partial charge in [0.15, 0.2) is 0 Å². The van der Waals surface area contributed by atoms with Gasteiger partial charge in [0.1, 0.15) is 12.6 Å². The van der Waals surface area contributed by atoms with Gasteiger partial charge in [0.25, 0.3) is 0 Å². The number of aromatic nitrogens is 2. The van der Waals surface area contributed by atoms with E-state index in [1.807, 2.05) is 101 Å². The molecule has 0 spiro atoms. The van der Waals surface area contributed by atoms with Crippen molar-refractivity contribution in [1.29, 1.82) is 0 Å². The molecular weight excluding hydrogens is 452 g/mol. The highest BCUT2D eigenvalue weighted by Crippen LogP contribution is 2.21. The summed E-state index contributed by atoms with van der Waals surface area (Å²) in [5.74, 6) is -0.0690. The molecule has 0 unspecified atom stereocenters. The lowest BCUT2D eigenvalue weighted by molar-refractivity contribution is -0.141. The zero-order valence-electron chi connectivity index (χ0n) is 19.9. The number of ether oxygens (including phenoxy) is 1. The molecule has 3 aromatic carbocycles. The predicted octanol–water partition coefficient (Wildman–Crippen LogP) is 4.46. The van der Waals surface area contributed by atoms with Gasteiger partial charge < -0.3 is 14.2 Å². The molecule has 5 rings (SSSR count). The van der Waals surface area contributed by atoms with Crippen molar-refractivity contribution in [3.63, 3.8) is 0 Å². The standard InChI is InChI=1S/C29H28N4O3/c34-28-27(19-23-7-3-1-4-8-23)33(29(35)36-21-25-9-5-2-6-10-25)18-17-31(28)20-24-11-13-26(14-12-24)32-16-15-30-22-32/h1-16,22,27H,17-21H2/t27-/m0/s1. The van der Waals surface area contributed by atoms with Crippen LogP contribution in [0.3, 0.4) is 0 Å². The summed E-state index contributed by atoms with van der Waals surface area (Å²) >= 11 is 0. The third-order valence-corrected chi connectivity index (χ3v) is 6.41. The molecule has 0 bridgehead atoms. The number of hydrogen-bond acceptors (Lipinski definition) is 4. The van der Waals surface area contributed by atoms with Crippen LogP contribution in [0.15, 0.2) is 104 Å². The van der Waals surface area contributed by atoms with Crippen LogP contribution in [0, 0.1) is 0 Å². The van der Waals surface area contributed by atoms with Crippen LogP contribution >= 0.6 is 0 Å². The van der Waals surface area contributed by atoms with Crippen LogP contribution in [-0.2, 0) is 29.1 Å². The lowest BCUT2D eigenvalue weighted by atomic mass is 10.0. The number of imidazole rings is 1. The number of benzene rings is 3. The van der Waals surface area contributed by atoms with Crippen molar-refractivity contribution in [2.45, 2.75) is 25.6 Å². The molecule has 1 aliphatic heterocycles. The van der Waals surface area contributed by atoms with Crippen LogP contribution in [0.25, 0.3) is 5.69 Å². The Morgan fingerprint density at radius 3 is 2.22 bits per heavy atom. The number of carbonyl (C=O) groups is 2. The van der Waals surface area contributed by atoms with Crippen LogP contribution in [0.4, 0.5) is 4.79 Å². The van der Waals surface area contributed by atoms with Gasteiger partial charge in [-0.15, -0.1) is 0 Å². The first kappa shape index (κ1) is 23.4. The smallest absolute Gasteiger partial charge is 0.410 e. The highest BCUT2D eigenvalue weighted by Gasteiger charge is 2.38. The second-order valence-electron chi connectivity index (χ2n) is 8.84. The molecule has 7 heteroatoms. The highest BCUT2D eigenvalue weighted by atomic mass is 16.6. The summed E-state index contributed by atoms with van der Waals surface area (Å²) in [4.78, 5) is 34.2. The van der Waals surface area contributed by atoms with E-state index in [2.05, 4.69) is 4.98 Å². The van der Waals surface area contributed by atoms with E-state index in [1.165, 1.54) is 0 Å². The van der Waals surface area contributed by atoms with E-state index >= 15 is 0 Å². The summed E-state index contributed by atoms with van der Waals surface area (Å²) in [6.45, 7) is 1.54. The van der Waals surface area contributed by atoms with Crippen LogP contribution in [0.1, 0.15) is 16.7 Å².